The Morgan fingerprint density at radius 2 is 1.65 bits per heavy atom. The van der Waals surface area contributed by atoms with Crippen molar-refractivity contribution in [1.29, 1.82) is 0 Å². The number of nitrogens with one attached hydrogen (secondary N) is 1. The average Bonchev–Trinajstić information content (AvgIpc) is 2.46. The van der Waals surface area contributed by atoms with Crippen LogP contribution in [0.4, 0.5) is 0 Å². The molecule has 0 bridgehead atoms. The van der Waals surface area contributed by atoms with Crippen LogP contribution in [0, 0.1) is 0 Å². The van der Waals surface area contributed by atoms with Crippen LogP contribution in [-0.4, -0.2) is 28.5 Å². The summed E-state index contributed by atoms with van der Waals surface area (Å²) in [7, 11) is 0. The van der Waals surface area contributed by atoms with Gasteiger partial charge >= 0.3 is 0 Å². The van der Waals surface area contributed by atoms with E-state index in [0.717, 1.165) is 0 Å². The van der Waals surface area contributed by atoms with Crippen LogP contribution >= 0.6 is 0 Å². The van der Waals surface area contributed by atoms with Crippen LogP contribution in [0.25, 0.3) is 0 Å². The topological polar surface area (TPSA) is 19.0 Å². The standard InChI is InChI=1S/C8H13N.C7H15N/c1-8(2,3)7-5-4-6-9-7;1-7(2,3)8-5-4-6-8/h4-6,9H,1-3H3;4-6H2,1-3H3. The maximum absolute atomic E-state index is 3.18. The van der Waals surface area contributed by atoms with E-state index in [1.165, 1.54) is 25.2 Å². The zero-order valence-electron chi connectivity index (χ0n) is 12.3. The first kappa shape index (κ1) is 14.3. The van der Waals surface area contributed by atoms with Gasteiger partial charge in [-0.2, -0.15) is 0 Å². The van der Waals surface area contributed by atoms with E-state index in [-0.39, 0.29) is 5.41 Å². The third kappa shape index (κ3) is 4.55. The lowest BCUT2D eigenvalue weighted by atomic mass is 9.93. The summed E-state index contributed by atoms with van der Waals surface area (Å²) in [6, 6.07) is 4.14. The van der Waals surface area contributed by atoms with E-state index in [1.807, 2.05) is 12.3 Å². The van der Waals surface area contributed by atoms with Crippen molar-refractivity contribution in [1.82, 2.24) is 9.88 Å². The number of rotatable bonds is 0. The lowest BCUT2D eigenvalue weighted by Gasteiger charge is -2.42. The van der Waals surface area contributed by atoms with E-state index in [0.29, 0.717) is 5.54 Å². The van der Waals surface area contributed by atoms with E-state index in [1.54, 1.807) is 0 Å². The molecule has 0 amide bonds. The van der Waals surface area contributed by atoms with Crippen molar-refractivity contribution in [2.45, 2.75) is 58.9 Å². The van der Waals surface area contributed by atoms with Crippen molar-refractivity contribution in [3.05, 3.63) is 24.0 Å². The molecule has 1 aliphatic rings. The maximum Gasteiger partial charge on any atom is 0.0201 e. The predicted molar refractivity (Wildman–Crippen MR) is 75.4 cm³/mol. The second kappa shape index (κ2) is 5.26. The molecule has 0 aliphatic carbocycles. The average molecular weight is 236 g/mol. The lowest BCUT2D eigenvalue weighted by molar-refractivity contribution is 0.0690. The van der Waals surface area contributed by atoms with Crippen molar-refractivity contribution in [2.24, 2.45) is 0 Å². The van der Waals surface area contributed by atoms with Gasteiger partial charge in [0.25, 0.3) is 0 Å². The summed E-state index contributed by atoms with van der Waals surface area (Å²) in [5, 5.41) is 0. The highest BCUT2D eigenvalue weighted by Crippen LogP contribution is 2.19. The molecule has 1 saturated heterocycles. The Labute approximate surface area is 106 Å². The summed E-state index contributed by atoms with van der Waals surface area (Å²) in [6.07, 6.45) is 3.36. The molecule has 1 aliphatic heterocycles. The van der Waals surface area contributed by atoms with Gasteiger partial charge in [-0.25, -0.2) is 0 Å². The molecule has 17 heavy (non-hydrogen) atoms. The minimum Gasteiger partial charge on any atom is -0.365 e. The minimum atomic E-state index is 0.267. The first-order valence-electron chi connectivity index (χ1n) is 6.60. The SMILES string of the molecule is CC(C)(C)N1CCC1.CC(C)(C)c1ccc[nH]1. The van der Waals surface area contributed by atoms with Crippen molar-refractivity contribution in [3.63, 3.8) is 0 Å². The molecule has 1 aromatic heterocycles. The van der Waals surface area contributed by atoms with E-state index in [2.05, 4.69) is 57.5 Å². The minimum absolute atomic E-state index is 0.267. The zero-order chi connectivity index (χ0) is 13.1. The fourth-order valence-electron chi connectivity index (χ4n) is 1.78. The molecule has 1 N–H and O–H groups in total. The third-order valence-electron chi connectivity index (χ3n) is 3.21. The highest BCUT2D eigenvalue weighted by molar-refractivity contribution is 5.12. The molecular weight excluding hydrogens is 208 g/mol. The molecule has 1 aromatic rings. The molecular formula is C15H28N2. The Kier molecular flexibility index (Phi) is 4.42. The van der Waals surface area contributed by atoms with Crippen molar-refractivity contribution < 1.29 is 0 Å². The molecule has 0 atom stereocenters. The molecule has 0 unspecified atom stereocenters. The summed E-state index contributed by atoms with van der Waals surface area (Å²) >= 11 is 0. The number of aromatic amines is 1. The quantitative estimate of drug-likeness (QED) is 0.726. The van der Waals surface area contributed by atoms with Gasteiger partial charge in [-0.15, -0.1) is 0 Å². The number of aromatic nitrogens is 1. The second-order valence-electron chi connectivity index (χ2n) is 6.85. The Bertz CT molecular complexity index is 308. The van der Waals surface area contributed by atoms with Crippen molar-refractivity contribution in [3.8, 4) is 0 Å². The monoisotopic (exact) mass is 236 g/mol. The number of nitrogens with zero attached hydrogens (tertiary/aromatic N) is 1. The van der Waals surface area contributed by atoms with Gasteiger partial charge in [-0.1, -0.05) is 20.8 Å². The number of hydrogen-bond acceptors (Lipinski definition) is 1. The zero-order valence-corrected chi connectivity index (χ0v) is 12.3. The van der Waals surface area contributed by atoms with Gasteiger partial charge in [0.1, 0.15) is 0 Å². The van der Waals surface area contributed by atoms with Gasteiger partial charge in [0.2, 0.25) is 0 Å². The van der Waals surface area contributed by atoms with E-state index >= 15 is 0 Å². The number of H-pyrrole nitrogens is 1. The second-order valence-corrected chi connectivity index (χ2v) is 6.85. The van der Waals surface area contributed by atoms with Crippen LogP contribution in [0.5, 0.6) is 0 Å². The van der Waals surface area contributed by atoms with E-state index in [4.69, 9.17) is 0 Å². The van der Waals surface area contributed by atoms with Gasteiger partial charge in [-0.3, -0.25) is 4.90 Å². The van der Waals surface area contributed by atoms with Crippen molar-refractivity contribution >= 4 is 0 Å². The summed E-state index contributed by atoms with van der Waals surface area (Å²) in [5.74, 6) is 0. The Hall–Kier alpha value is -0.760. The molecule has 0 saturated carbocycles. The Balaban J connectivity index is 0.000000171. The fourth-order valence-corrected chi connectivity index (χ4v) is 1.78. The van der Waals surface area contributed by atoms with Crippen molar-refractivity contribution in [2.75, 3.05) is 13.1 Å². The summed E-state index contributed by atoms with van der Waals surface area (Å²) in [6.45, 7) is 16.0. The first-order chi connectivity index (χ1) is 7.71. The predicted octanol–water partition coefficient (Wildman–Crippen LogP) is 3.80. The Morgan fingerprint density at radius 1 is 1.06 bits per heavy atom. The van der Waals surface area contributed by atoms with Crippen LogP contribution in [0.3, 0.4) is 0 Å². The van der Waals surface area contributed by atoms with Crippen LogP contribution < -0.4 is 0 Å². The van der Waals surface area contributed by atoms with Gasteiger partial charge in [0.15, 0.2) is 0 Å². The molecule has 1 fully saturated rings. The molecule has 2 nitrogen and oxygen atoms in total. The summed E-state index contributed by atoms with van der Waals surface area (Å²) in [5.41, 5.74) is 1.99. The van der Waals surface area contributed by atoms with Crippen LogP contribution in [0.15, 0.2) is 18.3 Å². The normalized spacial score (nSPS) is 17.1. The lowest BCUT2D eigenvalue weighted by Crippen LogP contribution is -2.49. The largest absolute Gasteiger partial charge is 0.365 e. The first-order valence-corrected chi connectivity index (χ1v) is 6.60. The molecule has 0 aromatic carbocycles. The molecule has 98 valence electrons. The van der Waals surface area contributed by atoms with Gasteiger partial charge in [-0.05, 0) is 52.4 Å². The smallest absolute Gasteiger partial charge is 0.0201 e. The van der Waals surface area contributed by atoms with E-state index < -0.39 is 0 Å². The Morgan fingerprint density at radius 3 is 1.76 bits per heavy atom. The fraction of sp³-hybridized carbons (Fsp3) is 0.733. The van der Waals surface area contributed by atoms with Gasteiger partial charge < -0.3 is 4.98 Å². The van der Waals surface area contributed by atoms with E-state index in [9.17, 15) is 0 Å². The molecule has 2 heterocycles. The number of likely N-dealkylation sites (tertiary alicyclic amines) is 1. The maximum atomic E-state index is 3.18. The third-order valence-corrected chi connectivity index (χ3v) is 3.21. The van der Waals surface area contributed by atoms with Gasteiger partial charge in [0.05, 0.1) is 0 Å². The number of hydrogen-bond donors (Lipinski definition) is 1. The highest BCUT2D eigenvalue weighted by Gasteiger charge is 2.25. The summed E-state index contributed by atoms with van der Waals surface area (Å²) < 4.78 is 0. The molecule has 2 heteroatoms. The molecule has 0 radical (unpaired) electrons. The van der Waals surface area contributed by atoms with Crippen LogP contribution in [0.1, 0.15) is 53.7 Å². The van der Waals surface area contributed by atoms with Gasteiger partial charge in [0, 0.05) is 22.8 Å². The highest BCUT2D eigenvalue weighted by atomic mass is 15.2. The molecule has 0 spiro atoms. The molecule has 2 rings (SSSR count). The van der Waals surface area contributed by atoms with Crippen LogP contribution in [-0.2, 0) is 5.41 Å². The van der Waals surface area contributed by atoms with Crippen LogP contribution in [0.2, 0.25) is 0 Å². The summed E-state index contributed by atoms with van der Waals surface area (Å²) in [4.78, 5) is 5.67.